The molecular formula is C17H14F2N4OS. The van der Waals surface area contributed by atoms with Gasteiger partial charge in [0.15, 0.2) is 11.0 Å². The van der Waals surface area contributed by atoms with Gasteiger partial charge in [-0.3, -0.25) is 9.36 Å². The van der Waals surface area contributed by atoms with E-state index in [1.165, 1.54) is 10.6 Å². The molecule has 128 valence electrons. The molecule has 1 unspecified atom stereocenters. The minimum atomic E-state index is -0.759. The second-order valence-electron chi connectivity index (χ2n) is 5.27. The molecule has 2 aromatic carbocycles. The van der Waals surface area contributed by atoms with Crippen LogP contribution in [0.5, 0.6) is 0 Å². The Labute approximate surface area is 146 Å². The van der Waals surface area contributed by atoms with Crippen LogP contribution in [0.15, 0.2) is 53.7 Å². The Morgan fingerprint density at radius 3 is 2.52 bits per heavy atom. The molecule has 0 fully saturated rings. The van der Waals surface area contributed by atoms with E-state index >= 15 is 0 Å². The third-order valence-electron chi connectivity index (χ3n) is 3.50. The van der Waals surface area contributed by atoms with Crippen molar-refractivity contribution in [3.05, 3.63) is 60.2 Å². The molecule has 1 atom stereocenters. The van der Waals surface area contributed by atoms with E-state index in [9.17, 15) is 13.6 Å². The molecule has 1 aromatic heterocycles. The summed E-state index contributed by atoms with van der Waals surface area (Å²) in [4.78, 5) is 11.4. The van der Waals surface area contributed by atoms with E-state index in [1.807, 2.05) is 18.2 Å². The molecule has 0 aliphatic heterocycles. The molecular weight excluding hydrogens is 346 g/mol. The van der Waals surface area contributed by atoms with Crippen molar-refractivity contribution in [1.82, 2.24) is 14.8 Å². The number of halogens is 2. The highest BCUT2D eigenvalue weighted by Gasteiger charge is 2.22. The fourth-order valence-corrected chi connectivity index (χ4v) is 3.03. The maximum absolute atomic E-state index is 14.4. The molecule has 25 heavy (non-hydrogen) atoms. The summed E-state index contributed by atoms with van der Waals surface area (Å²) >= 11 is 1.06. The van der Waals surface area contributed by atoms with Crippen LogP contribution >= 0.6 is 11.8 Å². The van der Waals surface area contributed by atoms with Gasteiger partial charge < -0.3 is 5.73 Å². The SMILES string of the molecule is CC(Sc1nnc(-c2ccccc2)n1-c1ccc(F)cc1F)C(N)=O. The smallest absolute Gasteiger partial charge is 0.230 e. The summed E-state index contributed by atoms with van der Waals surface area (Å²) in [6.45, 7) is 1.62. The van der Waals surface area contributed by atoms with Gasteiger partial charge in [-0.05, 0) is 19.1 Å². The van der Waals surface area contributed by atoms with Gasteiger partial charge in [-0.2, -0.15) is 0 Å². The van der Waals surface area contributed by atoms with Crippen LogP contribution in [0.3, 0.4) is 0 Å². The first-order valence-electron chi connectivity index (χ1n) is 7.39. The van der Waals surface area contributed by atoms with Crippen molar-refractivity contribution in [2.45, 2.75) is 17.3 Å². The van der Waals surface area contributed by atoms with Crippen molar-refractivity contribution < 1.29 is 13.6 Å². The number of carbonyl (C=O) groups excluding carboxylic acids is 1. The number of hydrogen-bond acceptors (Lipinski definition) is 4. The molecule has 3 rings (SSSR count). The van der Waals surface area contributed by atoms with E-state index in [1.54, 1.807) is 19.1 Å². The van der Waals surface area contributed by atoms with Crippen LogP contribution < -0.4 is 5.73 Å². The maximum atomic E-state index is 14.4. The Morgan fingerprint density at radius 2 is 1.88 bits per heavy atom. The molecule has 0 radical (unpaired) electrons. The van der Waals surface area contributed by atoms with Gasteiger partial charge in [0, 0.05) is 11.6 Å². The number of thioether (sulfide) groups is 1. The molecule has 0 aliphatic carbocycles. The third-order valence-corrected chi connectivity index (χ3v) is 4.56. The van der Waals surface area contributed by atoms with Crippen LogP contribution in [0.1, 0.15) is 6.92 Å². The van der Waals surface area contributed by atoms with Gasteiger partial charge in [0.05, 0.1) is 10.9 Å². The van der Waals surface area contributed by atoms with E-state index in [-0.39, 0.29) is 10.8 Å². The molecule has 0 aliphatic rings. The molecule has 0 saturated carbocycles. The molecule has 0 bridgehead atoms. The highest BCUT2D eigenvalue weighted by Crippen LogP contribution is 2.31. The highest BCUT2D eigenvalue weighted by atomic mass is 32.2. The number of aromatic nitrogens is 3. The lowest BCUT2D eigenvalue weighted by Crippen LogP contribution is -2.23. The van der Waals surface area contributed by atoms with Gasteiger partial charge in [-0.1, -0.05) is 42.1 Å². The predicted molar refractivity (Wildman–Crippen MR) is 91.2 cm³/mol. The van der Waals surface area contributed by atoms with Crippen LogP contribution in [0.4, 0.5) is 8.78 Å². The summed E-state index contributed by atoms with van der Waals surface area (Å²) in [5, 5.41) is 7.88. The summed E-state index contributed by atoms with van der Waals surface area (Å²) in [6.07, 6.45) is 0. The molecule has 0 saturated heterocycles. The number of hydrogen-bond donors (Lipinski definition) is 1. The minimum Gasteiger partial charge on any atom is -0.369 e. The number of amides is 1. The summed E-state index contributed by atoms with van der Waals surface area (Å²) in [7, 11) is 0. The topological polar surface area (TPSA) is 73.8 Å². The van der Waals surface area contributed by atoms with E-state index in [0.29, 0.717) is 11.4 Å². The molecule has 2 N–H and O–H groups in total. The first kappa shape index (κ1) is 17.1. The van der Waals surface area contributed by atoms with Crippen molar-refractivity contribution >= 4 is 17.7 Å². The number of benzene rings is 2. The molecule has 1 amide bonds. The fourth-order valence-electron chi connectivity index (χ4n) is 2.22. The second-order valence-corrected chi connectivity index (χ2v) is 6.57. The van der Waals surface area contributed by atoms with Crippen LogP contribution in [0, 0.1) is 11.6 Å². The van der Waals surface area contributed by atoms with E-state index in [2.05, 4.69) is 10.2 Å². The second kappa shape index (κ2) is 7.02. The van der Waals surface area contributed by atoms with Gasteiger partial charge >= 0.3 is 0 Å². The normalized spacial score (nSPS) is 12.1. The van der Waals surface area contributed by atoms with Crippen molar-refractivity contribution in [2.24, 2.45) is 5.73 Å². The number of primary amides is 1. The lowest BCUT2D eigenvalue weighted by atomic mass is 10.2. The predicted octanol–water partition coefficient (Wildman–Crippen LogP) is 3.18. The highest BCUT2D eigenvalue weighted by molar-refractivity contribution is 8.00. The monoisotopic (exact) mass is 360 g/mol. The summed E-state index contributed by atoms with van der Waals surface area (Å²) in [5.74, 6) is -1.59. The Bertz CT molecular complexity index is 914. The average molecular weight is 360 g/mol. The molecule has 1 heterocycles. The lowest BCUT2D eigenvalue weighted by Gasteiger charge is -2.12. The zero-order valence-corrected chi connectivity index (χ0v) is 14.0. The zero-order valence-electron chi connectivity index (χ0n) is 13.2. The first-order valence-corrected chi connectivity index (χ1v) is 8.27. The number of nitrogens with zero attached hydrogens (tertiary/aromatic N) is 3. The van der Waals surface area contributed by atoms with Crippen molar-refractivity contribution in [3.8, 4) is 17.1 Å². The lowest BCUT2D eigenvalue weighted by molar-refractivity contribution is -0.117. The van der Waals surface area contributed by atoms with Gasteiger partial charge in [0.25, 0.3) is 0 Å². The molecule has 8 heteroatoms. The van der Waals surface area contributed by atoms with Crippen molar-refractivity contribution in [1.29, 1.82) is 0 Å². The Morgan fingerprint density at radius 1 is 1.16 bits per heavy atom. The number of carbonyl (C=O) groups is 1. The summed E-state index contributed by atoms with van der Waals surface area (Å²) in [5.41, 5.74) is 6.09. The average Bonchev–Trinajstić information content (AvgIpc) is 2.99. The van der Waals surface area contributed by atoms with E-state index in [4.69, 9.17) is 5.73 Å². The number of rotatable bonds is 5. The maximum Gasteiger partial charge on any atom is 0.230 e. The van der Waals surface area contributed by atoms with Gasteiger partial charge in [-0.25, -0.2) is 8.78 Å². The largest absolute Gasteiger partial charge is 0.369 e. The standard InChI is InChI=1S/C17H14F2N4OS/c1-10(15(20)24)25-17-22-21-16(11-5-3-2-4-6-11)23(17)14-8-7-12(18)9-13(14)19/h2-10H,1H3,(H2,20,24). The Hall–Kier alpha value is -2.74. The number of nitrogens with two attached hydrogens (primary N) is 1. The first-order chi connectivity index (χ1) is 12.0. The third kappa shape index (κ3) is 3.53. The van der Waals surface area contributed by atoms with Crippen LogP contribution in [0.25, 0.3) is 17.1 Å². The minimum absolute atomic E-state index is 0.0874. The fraction of sp³-hybridized carbons (Fsp3) is 0.118. The van der Waals surface area contributed by atoms with Crippen LogP contribution in [-0.2, 0) is 4.79 Å². The van der Waals surface area contributed by atoms with Gasteiger partial charge in [-0.15, -0.1) is 10.2 Å². The van der Waals surface area contributed by atoms with Crippen LogP contribution in [0.2, 0.25) is 0 Å². The van der Waals surface area contributed by atoms with E-state index in [0.717, 1.165) is 23.9 Å². The van der Waals surface area contributed by atoms with Crippen LogP contribution in [-0.4, -0.2) is 25.9 Å². The van der Waals surface area contributed by atoms with Gasteiger partial charge in [0.2, 0.25) is 5.91 Å². The van der Waals surface area contributed by atoms with E-state index < -0.39 is 22.8 Å². The summed E-state index contributed by atoms with van der Waals surface area (Å²) < 4.78 is 29.1. The van der Waals surface area contributed by atoms with Crippen molar-refractivity contribution in [3.63, 3.8) is 0 Å². The quantitative estimate of drug-likeness (QED) is 0.709. The Balaban J connectivity index is 2.17. The molecule has 5 nitrogen and oxygen atoms in total. The Kier molecular flexibility index (Phi) is 4.80. The molecule has 3 aromatic rings. The van der Waals surface area contributed by atoms with Gasteiger partial charge in [0.1, 0.15) is 11.6 Å². The molecule has 0 spiro atoms. The van der Waals surface area contributed by atoms with Crippen molar-refractivity contribution in [2.75, 3.05) is 0 Å². The summed E-state index contributed by atoms with van der Waals surface area (Å²) in [6, 6.07) is 12.3. The zero-order chi connectivity index (χ0) is 18.0.